The molecule has 0 radical (unpaired) electrons. The van der Waals surface area contributed by atoms with Gasteiger partial charge in [-0.2, -0.15) is 0 Å². The Morgan fingerprint density at radius 2 is 1.77 bits per heavy atom. The first kappa shape index (κ1) is 10.1. The molecule has 0 aromatic heterocycles. The number of aryl methyl sites for hydroxylation is 1. The molecule has 1 rings (SSSR count). The molecule has 72 valence electrons. The first-order valence-electron chi connectivity index (χ1n) is 4.20. The summed E-state index contributed by atoms with van der Waals surface area (Å²) >= 11 is 0. The molecule has 1 aromatic rings. The summed E-state index contributed by atoms with van der Waals surface area (Å²) in [7, 11) is 0. The van der Waals surface area contributed by atoms with Gasteiger partial charge in [0.15, 0.2) is 17.5 Å². The molecule has 0 amide bonds. The Labute approximate surface area is 75.4 Å². The molecule has 0 spiro atoms. The smallest absolute Gasteiger partial charge is 0.194 e. The van der Waals surface area contributed by atoms with Crippen LogP contribution >= 0.6 is 0 Å². The zero-order valence-electron chi connectivity index (χ0n) is 7.63. The van der Waals surface area contributed by atoms with Crippen molar-refractivity contribution in [1.82, 2.24) is 0 Å². The van der Waals surface area contributed by atoms with Crippen LogP contribution in [0.2, 0.25) is 0 Å². The number of benzene rings is 1. The summed E-state index contributed by atoms with van der Waals surface area (Å²) in [4.78, 5) is 0. The molecular weight excluding hydrogens is 177 g/mol. The van der Waals surface area contributed by atoms with E-state index >= 15 is 0 Å². The van der Waals surface area contributed by atoms with Crippen LogP contribution in [-0.4, -0.2) is 0 Å². The number of hydrogen-bond acceptors (Lipinski definition) is 0. The molecule has 0 aliphatic rings. The second-order valence-corrected chi connectivity index (χ2v) is 3.03. The summed E-state index contributed by atoms with van der Waals surface area (Å²) in [6.45, 7) is 3.44. The molecule has 0 fully saturated rings. The molecule has 0 atom stereocenters. The van der Waals surface area contributed by atoms with E-state index in [1.165, 1.54) is 0 Å². The van der Waals surface area contributed by atoms with Crippen LogP contribution in [-0.2, 0) is 6.42 Å². The van der Waals surface area contributed by atoms with E-state index in [0.717, 1.165) is 6.07 Å². The van der Waals surface area contributed by atoms with E-state index in [-0.39, 0.29) is 5.56 Å². The van der Waals surface area contributed by atoms with E-state index in [0.29, 0.717) is 18.4 Å². The molecular formula is C10H11F3. The van der Waals surface area contributed by atoms with Crippen molar-refractivity contribution in [2.24, 2.45) is 0 Å². The topological polar surface area (TPSA) is 0 Å². The van der Waals surface area contributed by atoms with Gasteiger partial charge < -0.3 is 0 Å². The summed E-state index contributed by atoms with van der Waals surface area (Å²) < 4.78 is 38.5. The zero-order chi connectivity index (χ0) is 10.0. The largest absolute Gasteiger partial charge is 0.204 e. The lowest BCUT2D eigenvalue weighted by atomic mass is 10.0. The third-order valence-electron chi connectivity index (χ3n) is 1.99. The fraction of sp³-hybridized carbons (Fsp3) is 0.400. The second kappa shape index (κ2) is 3.81. The third-order valence-corrected chi connectivity index (χ3v) is 1.99. The van der Waals surface area contributed by atoms with Crippen LogP contribution < -0.4 is 0 Å². The van der Waals surface area contributed by atoms with Crippen molar-refractivity contribution in [1.29, 1.82) is 0 Å². The SMILES string of the molecule is CCCc1c(C)cc(F)c(F)c1F. The molecule has 0 aliphatic carbocycles. The Kier molecular flexibility index (Phi) is 2.96. The average Bonchev–Trinajstić information content (AvgIpc) is 2.09. The van der Waals surface area contributed by atoms with E-state index in [9.17, 15) is 13.2 Å². The Morgan fingerprint density at radius 1 is 1.15 bits per heavy atom. The second-order valence-electron chi connectivity index (χ2n) is 3.03. The van der Waals surface area contributed by atoms with E-state index in [1.807, 2.05) is 6.92 Å². The minimum Gasteiger partial charge on any atom is -0.204 e. The fourth-order valence-corrected chi connectivity index (χ4v) is 1.31. The van der Waals surface area contributed by atoms with Crippen LogP contribution in [0.3, 0.4) is 0 Å². The number of rotatable bonds is 2. The Bertz CT molecular complexity index is 318. The Morgan fingerprint density at radius 3 is 2.31 bits per heavy atom. The summed E-state index contributed by atoms with van der Waals surface area (Å²) in [5, 5.41) is 0. The predicted octanol–water partition coefficient (Wildman–Crippen LogP) is 3.36. The van der Waals surface area contributed by atoms with Crippen LogP contribution in [0.4, 0.5) is 13.2 Å². The lowest BCUT2D eigenvalue weighted by Crippen LogP contribution is -2.00. The molecule has 0 heterocycles. The van der Waals surface area contributed by atoms with E-state index in [4.69, 9.17) is 0 Å². The van der Waals surface area contributed by atoms with Crippen molar-refractivity contribution >= 4 is 0 Å². The van der Waals surface area contributed by atoms with Crippen molar-refractivity contribution < 1.29 is 13.2 Å². The molecule has 1 aromatic carbocycles. The van der Waals surface area contributed by atoms with Gasteiger partial charge in [0, 0.05) is 0 Å². The first-order chi connectivity index (χ1) is 6.07. The van der Waals surface area contributed by atoms with Crippen LogP contribution in [0.15, 0.2) is 6.07 Å². The normalized spacial score (nSPS) is 10.5. The van der Waals surface area contributed by atoms with Gasteiger partial charge in [0.25, 0.3) is 0 Å². The monoisotopic (exact) mass is 188 g/mol. The van der Waals surface area contributed by atoms with Gasteiger partial charge in [0.2, 0.25) is 0 Å². The Balaban J connectivity index is 3.26. The van der Waals surface area contributed by atoms with Crippen LogP contribution in [0.5, 0.6) is 0 Å². The van der Waals surface area contributed by atoms with Crippen LogP contribution in [0.25, 0.3) is 0 Å². The summed E-state index contributed by atoms with van der Waals surface area (Å²) in [6.07, 6.45) is 1.15. The maximum atomic E-state index is 13.1. The number of hydrogen-bond donors (Lipinski definition) is 0. The third kappa shape index (κ3) is 1.85. The van der Waals surface area contributed by atoms with Crippen molar-refractivity contribution in [2.75, 3.05) is 0 Å². The average molecular weight is 188 g/mol. The van der Waals surface area contributed by atoms with Gasteiger partial charge in [-0.15, -0.1) is 0 Å². The van der Waals surface area contributed by atoms with Crippen LogP contribution in [0, 0.1) is 24.4 Å². The molecule has 0 nitrogen and oxygen atoms in total. The van der Waals surface area contributed by atoms with Gasteiger partial charge in [-0.1, -0.05) is 13.3 Å². The standard InChI is InChI=1S/C10H11F3/c1-3-4-7-6(2)5-8(11)10(13)9(7)12/h5H,3-4H2,1-2H3. The lowest BCUT2D eigenvalue weighted by Gasteiger charge is -2.07. The van der Waals surface area contributed by atoms with Crippen molar-refractivity contribution in [3.63, 3.8) is 0 Å². The predicted molar refractivity (Wildman–Crippen MR) is 45.0 cm³/mol. The molecule has 3 heteroatoms. The highest BCUT2D eigenvalue weighted by atomic mass is 19.2. The number of halogens is 3. The fourth-order valence-electron chi connectivity index (χ4n) is 1.31. The first-order valence-corrected chi connectivity index (χ1v) is 4.20. The van der Waals surface area contributed by atoms with Crippen LogP contribution in [0.1, 0.15) is 24.5 Å². The lowest BCUT2D eigenvalue weighted by molar-refractivity contribution is 0.439. The molecule has 0 aliphatic heterocycles. The maximum Gasteiger partial charge on any atom is 0.194 e. The molecule has 13 heavy (non-hydrogen) atoms. The molecule has 0 saturated carbocycles. The molecule has 0 N–H and O–H groups in total. The molecule has 0 saturated heterocycles. The summed E-state index contributed by atoms with van der Waals surface area (Å²) in [5.41, 5.74) is 0.750. The highest BCUT2D eigenvalue weighted by molar-refractivity contribution is 5.29. The Hall–Kier alpha value is -0.990. The summed E-state index contributed by atoms with van der Waals surface area (Å²) in [5.74, 6) is -3.52. The van der Waals surface area contributed by atoms with Gasteiger partial charge in [-0.25, -0.2) is 13.2 Å². The highest BCUT2D eigenvalue weighted by Gasteiger charge is 2.15. The molecule has 0 unspecified atom stereocenters. The van der Waals surface area contributed by atoms with Crippen molar-refractivity contribution in [3.05, 3.63) is 34.6 Å². The van der Waals surface area contributed by atoms with Crippen molar-refractivity contribution in [3.8, 4) is 0 Å². The maximum absolute atomic E-state index is 13.1. The van der Waals surface area contributed by atoms with Gasteiger partial charge >= 0.3 is 0 Å². The van der Waals surface area contributed by atoms with E-state index in [1.54, 1.807) is 6.92 Å². The molecule has 0 bridgehead atoms. The van der Waals surface area contributed by atoms with Gasteiger partial charge in [-0.3, -0.25) is 0 Å². The minimum absolute atomic E-state index is 0.279. The summed E-state index contributed by atoms with van der Waals surface area (Å²) in [6, 6.07) is 1.03. The quantitative estimate of drug-likeness (QED) is 0.624. The zero-order valence-corrected chi connectivity index (χ0v) is 7.63. The van der Waals surface area contributed by atoms with Gasteiger partial charge in [0.1, 0.15) is 0 Å². The van der Waals surface area contributed by atoms with Crippen molar-refractivity contribution in [2.45, 2.75) is 26.7 Å². The van der Waals surface area contributed by atoms with E-state index < -0.39 is 17.5 Å². The van der Waals surface area contributed by atoms with Gasteiger partial charge in [0.05, 0.1) is 0 Å². The van der Waals surface area contributed by atoms with Gasteiger partial charge in [-0.05, 0) is 30.5 Å². The highest BCUT2D eigenvalue weighted by Crippen LogP contribution is 2.20. The van der Waals surface area contributed by atoms with E-state index in [2.05, 4.69) is 0 Å². The minimum atomic E-state index is -1.37.